The van der Waals surface area contributed by atoms with E-state index < -0.39 is 35.2 Å². The van der Waals surface area contributed by atoms with Crippen LogP contribution in [-0.2, 0) is 12.8 Å². The molecule has 12 aromatic rings. The Balaban J connectivity index is 1.64. The molecule has 0 aliphatic carbocycles. The predicted octanol–water partition coefficient (Wildman–Crippen LogP) is 12.4. The van der Waals surface area contributed by atoms with Gasteiger partial charge in [-0.3, -0.25) is 0 Å². The standard InChI is InChI=1S/4C18H15P.Rh.H/c4*1-4-10-16(11-5-1)19(17-12-6-2-7-13-17)18-14-8-3-9-15-18;;/h4*1-15H;;/q;;;;-4;/p+4. The van der Waals surface area contributed by atoms with E-state index in [4.69, 9.17) is 0 Å². The van der Waals surface area contributed by atoms with Gasteiger partial charge in [-0.15, -0.1) is 0 Å². The molecule has 0 atom stereocenters. The van der Waals surface area contributed by atoms with Crippen LogP contribution in [-0.4, -0.2) is 0 Å². The molecule has 0 heterocycles. The molecule has 0 fully saturated rings. The second-order valence-electron chi connectivity index (χ2n) is 19.5. The third-order valence-corrected chi connectivity index (χ3v) is 130. The Bertz CT molecular complexity index is 2860. The average Bonchev–Trinajstić information content (AvgIpc) is 3.71. The first-order valence-corrected chi connectivity index (χ1v) is 44.5. The van der Waals surface area contributed by atoms with Gasteiger partial charge in [0.15, 0.2) is 0 Å². The Morgan fingerprint density at radius 3 is 0.273 bits per heavy atom. The molecular weight excluding hydrogens is 1090 g/mol. The fourth-order valence-corrected chi connectivity index (χ4v) is 193. The van der Waals surface area contributed by atoms with Gasteiger partial charge in [-0.1, -0.05) is 0 Å². The first-order chi connectivity index (χ1) is 38.3. The third kappa shape index (κ3) is 7.98. The van der Waals surface area contributed by atoms with E-state index in [1.54, 1.807) is 0 Å². The molecular formula is C72H65P4Rh. The Morgan fingerprint density at radius 1 is 0.117 bits per heavy atom. The topological polar surface area (TPSA) is 0 Å². The summed E-state index contributed by atoms with van der Waals surface area (Å²) in [5.41, 5.74) is -15.6. The zero-order valence-corrected chi connectivity index (χ0v) is 48.7. The van der Waals surface area contributed by atoms with Crippen LogP contribution >= 0.6 is 22.4 Å². The van der Waals surface area contributed by atoms with Crippen molar-refractivity contribution in [2.75, 3.05) is 0 Å². The van der Waals surface area contributed by atoms with Crippen LogP contribution in [0.5, 0.6) is 0 Å². The van der Waals surface area contributed by atoms with Gasteiger partial charge in [0.2, 0.25) is 0 Å². The van der Waals surface area contributed by atoms with E-state index in [0.717, 1.165) is 0 Å². The van der Waals surface area contributed by atoms with Gasteiger partial charge in [0.05, 0.1) is 0 Å². The van der Waals surface area contributed by atoms with Gasteiger partial charge in [0.1, 0.15) is 0 Å². The van der Waals surface area contributed by atoms with Crippen molar-refractivity contribution in [1.82, 2.24) is 0 Å². The molecule has 12 aromatic carbocycles. The van der Waals surface area contributed by atoms with Gasteiger partial charge in [-0.25, -0.2) is 0 Å². The van der Waals surface area contributed by atoms with E-state index >= 15 is 0 Å². The Labute approximate surface area is 459 Å². The summed E-state index contributed by atoms with van der Waals surface area (Å²) in [6, 6.07) is 146. The van der Waals surface area contributed by atoms with E-state index in [2.05, 4.69) is 364 Å². The number of hydrogen-bond donors (Lipinski definition) is 0. The SMILES string of the molecule is c1ccc([PH](c2ccccc2)(c2ccccc2)[RhH]([PH](c2ccccc2)(c2ccccc2)c2ccccc2)([PH](c2ccccc2)(c2ccccc2)c2ccccc2)[PH](c2ccccc2)(c2ccccc2)c2ccccc2)cc1. The van der Waals surface area contributed by atoms with Gasteiger partial charge < -0.3 is 0 Å². The van der Waals surface area contributed by atoms with Crippen LogP contribution in [0.15, 0.2) is 364 Å². The molecule has 0 bridgehead atoms. The molecule has 0 aromatic heterocycles. The van der Waals surface area contributed by atoms with Gasteiger partial charge >= 0.3 is 463 Å². The summed E-state index contributed by atoms with van der Waals surface area (Å²) in [5.74, 6) is 0. The van der Waals surface area contributed by atoms with Crippen LogP contribution in [0.4, 0.5) is 0 Å². The maximum atomic E-state index is 2.60. The third-order valence-electron chi connectivity index (χ3n) is 15.6. The molecule has 0 N–H and O–H groups in total. The molecule has 382 valence electrons. The van der Waals surface area contributed by atoms with Gasteiger partial charge in [0, 0.05) is 0 Å². The zero-order chi connectivity index (χ0) is 51.9. The summed E-state index contributed by atoms with van der Waals surface area (Å²) in [7, 11) is 0. The predicted molar refractivity (Wildman–Crippen MR) is 348 cm³/mol. The second kappa shape index (κ2) is 22.5. The second-order valence-corrected chi connectivity index (χ2v) is 74.9. The monoisotopic (exact) mass is 1160 g/mol. The van der Waals surface area contributed by atoms with Crippen molar-refractivity contribution in [2.24, 2.45) is 0 Å². The molecule has 0 aliphatic heterocycles. The average molecular weight is 1160 g/mol. The molecule has 0 aliphatic rings. The fourth-order valence-electron chi connectivity index (χ4n) is 13.0. The summed E-state index contributed by atoms with van der Waals surface area (Å²) in [6.07, 6.45) is 0. The summed E-state index contributed by atoms with van der Waals surface area (Å²) in [4.78, 5) is 0. The van der Waals surface area contributed by atoms with Crippen LogP contribution in [0.2, 0.25) is 0 Å². The summed E-state index contributed by atoms with van der Waals surface area (Å²) >= 11 is -5.01. The zero-order valence-electron chi connectivity index (χ0n) is 43.0. The molecule has 0 spiro atoms. The van der Waals surface area contributed by atoms with E-state index in [0.29, 0.717) is 0 Å². The van der Waals surface area contributed by atoms with Gasteiger partial charge in [0.25, 0.3) is 0 Å². The van der Waals surface area contributed by atoms with Crippen molar-refractivity contribution >= 4 is 86.0 Å². The molecule has 5 heteroatoms. The van der Waals surface area contributed by atoms with Crippen LogP contribution in [0.1, 0.15) is 0 Å². The minimum atomic E-state index is -5.01. The molecule has 12 rings (SSSR count). The van der Waals surface area contributed by atoms with E-state index in [9.17, 15) is 0 Å². The first-order valence-electron chi connectivity index (χ1n) is 26.6. The normalized spacial score (nSPS) is 13.2. The van der Waals surface area contributed by atoms with Gasteiger partial charge in [-0.05, 0) is 0 Å². The first kappa shape index (κ1) is 50.8. The molecule has 0 saturated heterocycles. The van der Waals surface area contributed by atoms with Crippen LogP contribution in [0.3, 0.4) is 0 Å². The fraction of sp³-hybridized carbons (Fsp3) is 0. The summed E-state index contributed by atoms with van der Waals surface area (Å²) in [6.45, 7) is 0. The van der Waals surface area contributed by atoms with Crippen molar-refractivity contribution in [1.29, 1.82) is 0 Å². The minimum absolute atomic E-state index is 1.46. The number of hydrogen-bond acceptors (Lipinski definition) is 0. The van der Waals surface area contributed by atoms with Crippen molar-refractivity contribution in [3.05, 3.63) is 364 Å². The van der Waals surface area contributed by atoms with Crippen LogP contribution in [0.25, 0.3) is 0 Å². The Morgan fingerprint density at radius 2 is 0.195 bits per heavy atom. The van der Waals surface area contributed by atoms with Crippen molar-refractivity contribution in [3.63, 3.8) is 0 Å². The van der Waals surface area contributed by atoms with Gasteiger partial charge in [-0.2, -0.15) is 0 Å². The molecule has 77 heavy (non-hydrogen) atoms. The quantitative estimate of drug-likeness (QED) is 0.0668. The van der Waals surface area contributed by atoms with E-state index in [1.807, 2.05) is 0 Å². The van der Waals surface area contributed by atoms with Crippen molar-refractivity contribution < 1.29 is 12.8 Å². The van der Waals surface area contributed by atoms with Crippen LogP contribution in [0, 0.1) is 0 Å². The number of benzene rings is 12. The van der Waals surface area contributed by atoms with Crippen molar-refractivity contribution in [3.8, 4) is 0 Å². The molecule has 0 unspecified atom stereocenters. The molecule has 0 amide bonds. The summed E-state index contributed by atoms with van der Waals surface area (Å²) < 4.78 is 0. The summed E-state index contributed by atoms with van der Waals surface area (Å²) in [5, 5.41) is 17.5. The Hall–Kier alpha value is -7.02. The molecule has 0 radical (unpaired) electrons. The maximum absolute atomic E-state index is 5.01. The van der Waals surface area contributed by atoms with E-state index in [1.165, 1.54) is 63.7 Å². The molecule has 0 nitrogen and oxygen atoms in total. The van der Waals surface area contributed by atoms with E-state index in [-0.39, 0.29) is 0 Å². The van der Waals surface area contributed by atoms with Crippen LogP contribution < -0.4 is 63.7 Å². The van der Waals surface area contributed by atoms with Crippen molar-refractivity contribution in [2.45, 2.75) is 0 Å². The molecule has 0 saturated carbocycles. The number of rotatable bonds is 16. The Kier molecular flexibility index (Phi) is 14.9.